The molecule has 0 unspecified atom stereocenters. The Hall–Kier alpha value is -3.71. The Kier molecular flexibility index (Phi) is 5.34. The number of para-hydroxylation sites is 1. The molecule has 1 amide bonds. The monoisotopic (exact) mass is 505 g/mol. The van der Waals surface area contributed by atoms with Gasteiger partial charge in [-0.3, -0.25) is 9.59 Å². The fourth-order valence-corrected chi connectivity index (χ4v) is 4.10. The Morgan fingerprint density at radius 2 is 1.82 bits per heavy atom. The van der Waals surface area contributed by atoms with Gasteiger partial charge in [0, 0.05) is 26.4 Å². The molecule has 0 aliphatic carbocycles. The Bertz CT molecular complexity index is 1550. The molecule has 1 N–H and O–H groups in total. The number of ketones is 1. The van der Waals surface area contributed by atoms with Crippen molar-refractivity contribution in [3.05, 3.63) is 99.7 Å². The maximum absolute atomic E-state index is 14.1. The molecule has 0 atom stereocenters. The van der Waals surface area contributed by atoms with Crippen LogP contribution in [0, 0.1) is 12.7 Å². The molecular weight excluding hydrogens is 489 g/mol. The molecule has 0 fully saturated rings. The molecule has 33 heavy (non-hydrogen) atoms. The van der Waals surface area contributed by atoms with Crippen LogP contribution < -0.4 is 5.32 Å². The predicted molar refractivity (Wildman–Crippen MR) is 127 cm³/mol. The number of rotatable bonds is 5. The molecule has 5 rings (SSSR count). The molecule has 2 heterocycles. The van der Waals surface area contributed by atoms with Gasteiger partial charge in [-0.05, 0) is 48.9 Å². The zero-order chi connectivity index (χ0) is 23.1. The summed E-state index contributed by atoms with van der Waals surface area (Å²) in [6.45, 7) is 1.62. The van der Waals surface area contributed by atoms with E-state index < -0.39 is 11.6 Å². The van der Waals surface area contributed by atoms with Gasteiger partial charge >= 0.3 is 0 Å². The van der Waals surface area contributed by atoms with Crippen LogP contribution in [0.4, 0.5) is 10.1 Å². The van der Waals surface area contributed by atoms with E-state index in [0.717, 1.165) is 9.86 Å². The van der Waals surface area contributed by atoms with E-state index in [4.69, 9.17) is 8.83 Å². The van der Waals surface area contributed by atoms with Crippen LogP contribution in [0.25, 0.3) is 21.9 Å². The summed E-state index contributed by atoms with van der Waals surface area (Å²) in [5.74, 6) is -1.39. The third kappa shape index (κ3) is 3.96. The summed E-state index contributed by atoms with van der Waals surface area (Å²) >= 11 is 3.43. The van der Waals surface area contributed by atoms with Crippen LogP contribution in [0.3, 0.4) is 0 Å². The zero-order valence-corrected chi connectivity index (χ0v) is 19.0. The molecule has 0 aliphatic heterocycles. The van der Waals surface area contributed by atoms with Crippen molar-refractivity contribution in [2.75, 3.05) is 5.32 Å². The zero-order valence-electron chi connectivity index (χ0n) is 17.4. The Morgan fingerprint density at radius 1 is 1.00 bits per heavy atom. The summed E-state index contributed by atoms with van der Waals surface area (Å²) in [7, 11) is 0. The molecule has 0 saturated carbocycles. The van der Waals surface area contributed by atoms with Gasteiger partial charge < -0.3 is 14.2 Å². The van der Waals surface area contributed by atoms with Crippen molar-refractivity contribution in [2.45, 2.75) is 13.3 Å². The molecule has 0 saturated heterocycles. The standard InChI is InChI=1S/C26H17BrFNO4/c1-14-6-7-15(10-20(14)28)25(31)26-24(18-4-2-3-5-22(18)33-26)29-23(30)11-16-13-32-21-9-8-17(27)12-19(16)21/h2-10,12-13H,11H2,1H3,(H,29,30). The van der Waals surface area contributed by atoms with Gasteiger partial charge in [0.25, 0.3) is 0 Å². The molecule has 0 bridgehead atoms. The van der Waals surface area contributed by atoms with Gasteiger partial charge in [0.1, 0.15) is 17.0 Å². The van der Waals surface area contributed by atoms with E-state index in [1.807, 2.05) is 18.2 Å². The minimum absolute atomic E-state index is 0.0375. The van der Waals surface area contributed by atoms with Crippen molar-refractivity contribution in [1.82, 2.24) is 0 Å². The van der Waals surface area contributed by atoms with E-state index in [2.05, 4.69) is 21.2 Å². The maximum atomic E-state index is 14.1. The second-order valence-corrected chi connectivity index (χ2v) is 8.64. The Morgan fingerprint density at radius 3 is 2.64 bits per heavy atom. The first-order valence-electron chi connectivity index (χ1n) is 10.2. The smallest absolute Gasteiger partial charge is 0.230 e. The topological polar surface area (TPSA) is 72.5 Å². The molecule has 0 aliphatic rings. The quantitative estimate of drug-likeness (QED) is 0.266. The first kappa shape index (κ1) is 21.2. The van der Waals surface area contributed by atoms with Gasteiger partial charge in [-0.15, -0.1) is 0 Å². The first-order valence-corrected chi connectivity index (χ1v) is 11.0. The molecule has 5 nitrogen and oxygen atoms in total. The lowest BCUT2D eigenvalue weighted by molar-refractivity contribution is -0.115. The number of amides is 1. The Balaban J connectivity index is 1.50. The number of hydrogen-bond acceptors (Lipinski definition) is 4. The highest BCUT2D eigenvalue weighted by molar-refractivity contribution is 9.10. The van der Waals surface area contributed by atoms with E-state index in [9.17, 15) is 14.0 Å². The van der Waals surface area contributed by atoms with Crippen LogP contribution in [0.1, 0.15) is 27.2 Å². The van der Waals surface area contributed by atoms with Crippen LogP contribution in [0.15, 0.2) is 80.2 Å². The number of anilines is 1. The predicted octanol–water partition coefficient (Wildman–Crippen LogP) is 6.80. The summed E-state index contributed by atoms with van der Waals surface area (Å²) in [6.07, 6.45) is 1.58. The second-order valence-electron chi connectivity index (χ2n) is 7.72. The summed E-state index contributed by atoms with van der Waals surface area (Å²) < 4.78 is 26.3. The SMILES string of the molecule is Cc1ccc(C(=O)c2oc3ccccc3c2NC(=O)Cc2coc3ccc(Br)cc23)cc1F. The van der Waals surface area contributed by atoms with Crippen molar-refractivity contribution in [2.24, 2.45) is 0 Å². The summed E-state index contributed by atoms with van der Waals surface area (Å²) in [6, 6.07) is 16.8. The number of furan rings is 2. The molecule has 2 aromatic heterocycles. The van der Waals surface area contributed by atoms with E-state index in [1.165, 1.54) is 18.2 Å². The fraction of sp³-hybridized carbons (Fsp3) is 0.0769. The number of carbonyl (C=O) groups is 2. The molecule has 164 valence electrons. The molecule has 7 heteroatoms. The number of carbonyl (C=O) groups excluding carboxylic acids is 2. The van der Waals surface area contributed by atoms with Gasteiger partial charge in [-0.25, -0.2) is 4.39 Å². The second kappa shape index (κ2) is 8.33. The van der Waals surface area contributed by atoms with Crippen molar-refractivity contribution in [1.29, 1.82) is 0 Å². The number of nitrogens with one attached hydrogen (secondary N) is 1. The largest absolute Gasteiger partial charge is 0.464 e. The van der Waals surface area contributed by atoms with Crippen molar-refractivity contribution in [3.63, 3.8) is 0 Å². The van der Waals surface area contributed by atoms with Crippen molar-refractivity contribution in [3.8, 4) is 0 Å². The normalized spacial score (nSPS) is 11.2. The minimum atomic E-state index is -0.516. The minimum Gasteiger partial charge on any atom is -0.464 e. The number of aryl methyl sites for hydroxylation is 1. The number of fused-ring (bicyclic) bond motifs is 2. The van der Waals surface area contributed by atoms with E-state index in [1.54, 1.807) is 37.5 Å². The lowest BCUT2D eigenvalue weighted by Gasteiger charge is -2.06. The highest BCUT2D eigenvalue weighted by atomic mass is 79.9. The number of halogens is 2. The molecular formula is C26H17BrFNO4. The van der Waals surface area contributed by atoms with Crippen LogP contribution in [-0.2, 0) is 11.2 Å². The average molecular weight is 506 g/mol. The highest BCUT2D eigenvalue weighted by Crippen LogP contribution is 2.33. The molecule has 0 spiro atoms. The van der Waals surface area contributed by atoms with Crippen LogP contribution >= 0.6 is 15.9 Å². The van der Waals surface area contributed by atoms with Gasteiger partial charge in [-0.1, -0.05) is 40.2 Å². The van der Waals surface area contributed by atoms with Crippen LogP contribution in [-0.4, -0.2) is 11.7 Å². The number of benzene rings is 3. The van der Waals surface area contributed by atoms with Gasteiger partial charge in [0.2, 0.25) is 11.7 Å². The lowest BCUT2D eigenvalue weighted by atomic mass is 10.0. The van der Waals surface area contributed by atoms with Crippen molar-refractivity contribution < 1.29 is 22.8 Å². The average Bonchev–Trinajstić information content (AvgIpc) is 3.36. The molecule has 3 aromatic carbocycles. The third-order valence-electron chi connectivity index (χ3n) is 5.47. The lowest BCUT2D eigenvalue weighted by Crippen LogP contribution is -2.16. The highest BCUT2D eigenvalue weighted by Gasteiger charge is 2.24. The molecule has 0 radical (unpaired) electrons. The van der Waals surface area contributed by atoms with E-state index >= 15 is 0 Å². The first-order chi connectivity index (χ1) is 15.9. The van der Waals surface area contributed by atoms with Gasteiger partial charge in [0.05, 0.1) is 18.4 Å². The van der Waals surface area contributed by atoms with Gasteiger partial charge in [0.15, 0.2) is 5.76 Å². The fourth-order valence-electron chi connectivity index (χ4n) is 3.74. The summed E-state index contributed by atoms with van der Waals surface area (Å²) in [5, 5.41) is 4.23. The molecule has 5 aromatic rings. The maximum Gasteiger partial charge on any atom is 0.230 e. The van der Waals surface area contributed by atoms with Gasteiger partial charge in [-0.2, -0.15) is 0 Å². The van der Waals surface area contributed by atoms with Crippen molar-refractivity contribution >= 4 is 55.2 Å². The van der Waals surface area contributed by atoms with E-state index in [-0.39, 0.29) is 29.3 Å². The third-order valence-corrected chi connectivity index (χ3v) is 5.96. The Labute approximate surface area is 196 Å². The number of hydrogen-bond donors (Lipinski definition) is 1. The summed E-state index contributed by atoms with van der Waals surface area (Å²) in [5.41, 5.74) is 2.66. The van der Waals surface area contributed by atoms with Crippen LogP contribution in [0.5, 0.6) is 0 Å². The summed E-state index contributed by atoms with van der Waals surface area (Å²) in [4.78, 5) is 26.2. The van der Waals surface area contributed by atoms with E-state index in [0.29, 0.717) is 27.7 Å². The van der Waals surface area contributed by atoms with Crippen LogP contribution in [0.2, 0.25) is 0 Å².